The number of rotatable bonds is 3. The first-order valence-corrected chi connectivity index (χ1v) is 8.46. The van der Waals surface area contributed by atoms with Gasteiger partial charge in [0.1, 0.15) is 24.4 Å². The van der Waals surface area contributed by atoms with E-state index in [-0.39, 0.29) is 0 Å². The molecular formula is C19H21ClO5. The molecule has 5 atom stereocenters. The molecular weight excluding hydrogens is 344 g/mol. The van der Waals surface area contributed by atoms with Crippen molar-refractivity contribution in [3.8, 4) is 0 Å². The van der Waals surface area contributed by atoms with Crippen molar-refractivity contribution in [1.29, 1.82) is 0 Å². The second kappa shape index (κ2) is 7.41. The summed E-state index contributed by atoms with van der Waals surface area (Å²) in [6.07, 6.45) is -6.14. The lowest BCUT2D eigenvalue weighted by atomic mass is 9.90. The van der Waals surface area contributed by atoms with Crippen LogP contribution in [-0.2, 0) is 11.2 Å². The van der Waals surface area contributed by atoms with Gasteiger partial charge in [-0.05, 0) is 47.7 Å². The van der Waals surface area contributed by atoms with Gasteiger partial charge in [-0.15, -0.1) is 0 Å². The molecule has 1 unspecified atom stereocenters. The van der Waals surface area contributed by atoms with Crippen molar-refractivity contribution in [2.24, 2.45) is 0 Å². The minimum atomic E-state index is -1.55. The molecule has 25 heavy (non-hydrogen) atoms. The van der Waals surface area contributed by atoms with Crippen LogP contribution in [0.3, 0.4) is 0 Å². The first-order chi connectivity index (χ1) is 11.9. The number of aliphatic hydroxyl groups excluding tert-OH is 4. The highest BCUT2D eigenvalue weighted by atomic mass is 35.5. The molecule has 0 bridgehead atoms. The molecule has 0 amide bonds. The van der Waals surface area contributed by atoms with Crippen LogP contribution >= 0.6 is 11.6 Å². The average Bonchev–Trinajstić information content (AvgIpc) is 2.60. The van der Waals surface area contributed by atoms with E-state index in [0.717, 1.165) is 16.7 Å². The number of aliphatic hydroxyl groups is 4. The van der Waals surface area contributed by atoms with Gasteiger partial charge < -0.3 is 25.2 Å². The van der Waals surface area contributed by atoms with Gasteiger partial charge in [0.05, 0.1) is 0 Å². The zero-order chi connectivity index (χ0) is 18.1. The van der Waals surface area contributed by atoms with Crippen molar-refractivity contribution in [1.82, 2.24) is 0 Å². The molecule has 1 fully saturated rings. The van der Waals surface area contributed by atoms with Crippen LogP contribution in [0.15, 0.2) is 42.5 Å². The number of halogens is 1. The van der Waals surface area contributed by atoms with E-state index in [1.54, 1.807) is 6.07 Å². The average molecular weight is 365 g/mol. The Balaban J connectivity index is 1.87. The normalized spacial score (nSPS) is 29.6. The van der Waals surface area contributed by atoms with Crippen molar-refractivity contribution in [3.63, 3.8) is 0 Å². The third-order valence-electron chi connectivity index (χ3n) is 4.60. The van der Waals surface area contributed by atoms with Crippen molar-refractivity contribution in [2.75, 3.05) is 0 Å². The minimum absolute atomic E-state index is 0.632. The standard InChI is InChI=1S/C19H21ClO5/c1-10-2-5-12(18-16(22)15(21)17(23)19(24)25-18)9-13(10)8-11-3-6-14(20)7-4-11/h2-7,9,15-19,21-24H,8H2,1H3/t15-,16+,17+,18+,19?/m1/s1. The molecule has 0 aliphatic carbocycles. The van der Waals surface area contributed by atoms with Gasteiger partial charge >= 0.3 is 0 Å². The highest BCUT2D eigenvalue weighted by Crippen LogP contribution is 2.33. The van der Waals surface area contributed by atoms with Gasteiger partial charge in [0.2, 0.25) is 0 Å². The van der Waals surface area contributed by atoms with Crippen LogP contribution in [0.1, 0.15) is 28.4 Å². The zero-order valence-corrected chi connectivity index (χ0v) is 14.5. The first kappa shape index (κ1) is 18.3. The van der Waals surface area contributed by atoms with E-state index in [1.165, 1.54) is 0 Å². The zero-order valence-electron chi connectivity index (χ0n) is 13.7. The number of aryl methyl sites for hydroxylation is 1. The molecule has 134 valence electrons. The second-order valence-corrected chi connectivity index (χ2v) is 6.84. The molecule has 1 heterocycles. The van der Waals surface area contributed by atoms with Crippen LogP contribution in [0.5, 0.6) is 0 Å². The third kappa shape index (κ3) is 3.87. The summed E-state index contributed by atoms with van der Waals surface area (Å²) >= 11 is 5.92. The Morgan fingerprint density at radius 3 is 2.28 bits per heavy atom. The lowest BCUT2D eigenvalue weighted by Crippen LogP contribution is -2.54. The molecule has 0 saturated carbocycles. The maximum Gasteiger partial charge on any atom is 0.184 e. The lowest BCUT2D eigenvalue weighted by Gasteiger charge is -2.38. The Hall–Kier alpha value is -1.47. The molecule has 1 aliphatic rings. The van der Waals surface area contributed by atoms with Crippen LogP contribution in [-0.4, -0.2) is 45.0 Å². The summed E-state index contributed by atoms with van der Waals surface area (Å²) in [6, 6.07) is 13.1. The Morgan fingerprint density at radius 2 is 1.60 bits per heavy atom. The number of ether oxygens (including phenoxy) is 1. The van der Waals surface area contributed by atoms with Crippen LogP contribution in [0.4, 0.5) is 0 Å². The number of hydrogen-bond donors (Lipinski definition) is 4. The summed E-state index contributed by atoms with van der Waals surface area (Å²) in [7, 11) is 0. The molecule has 5 nitrogen and oxygen atoms in total. The topological polar surface area (TPSA) is 90.2 Å². The van der Waals surface area contributed by atoms with Crippen molar-refractivity contribution in [2.45, 2.75) is 44.1 Å². The highest BCUT2D eigenvalue weighted by molar-refractivity contribution is 6.30. The highest BCUT2D eigenvalue weighted by Gasteiger charge is 2.43. The SMILES string of the molecule is Cc1ccc([C@@H]2OC(O)[C@@H](O)[C@H](O)[C@@H]2O)cc1Cc1ccc(Cl)cc1. The second-order valence-electron chi connectivity index (χ2n) is 6.41. The van der Waals surface area contributed by atoms with Gasteiger partial charge in [-0.1, -0.05) is 41.9 Å². The van der Waals surface area contributed by atoms with Gasteiger partial charge in [0.25, 0.3) is 0 Å². The third-order valence-corrected chi connectivity index (χ3v) is 4.85. The number of benzene rings is 2. The summed E-state index contributed by atoms with van der Waals surface area (Å²) in [5, 5.41) is 40.1. The van der Waals surface area contributed by atoms with Gasteiger partial charge in [-0.3, -0.25) is 0 Å². The Morgan fingerprint density at radius 1 is 0.920 bits per heavy atom. The maximum absolute atomic E-state index is 10.2. The Bertz CT molecular complexity index is 733. The largest absolute Gasteiger partial charge is 0.387 e. The predicted octanol–water partition coefficient (Wildman–Crippen LogP) is 1.71. The van der Waals surface area contributed by atoms with Crippen molar-refractivity contribution >= 4 is 11.6 Å². The fourth-order valence-corrected chi connectivity index (χ4v) is 3.14. The van der Waals surface area contributed by atoms with Crippen LogP contribution < -0.4 is 0 Å². The smallest absolute Gasteiger partial charge is 0.184 e. The molecule has 0 spiro atoms. The van der Waals surface area contributed by atoms with E-state index in [2.05, 4.69) is 0 Å². The summed E-state index contributed by atoms with van der Waals surface area (Å²) in [5.41, 5.74) is 3.83. The van der Waals surface area contributed by atoms with Crippen LogP contribution in [0.25, 0.3) is 0 Å². The monoisotopic (exact) mass is 364 g/mol. The fourth-order valence-electron chi connectivity index (χ4n) is 3.02. The maximum atomic E-state index is 10.2. The summed E-state index contributed by atoms with van der Waals surface area (Å²) in [5.74, 6) is 0. The van der Waals surface area contributed by atoms with E-state index >= 15 is 0 Å². The van der Waals surface area contributed by atoms with E-state index in [0.29, 0.717) is 17.0 Å². The molecule has 6 heteroatoms. The van der Waals surface area contributed by atoms with Gasteiger partial charge in [0.15, 0.2) is 6.29 Å². The lowest BCUT2D eigenvalue weighted by molar-refractivity contribution is -0.284. The molecule has 2 aromatic carbocycles. The Kier molecular flexibility index (Phi) is 5.43. The molecule has 0 radical (unpaired) electrons. The summed E-state index contributed by atoms with van der Waals surface area (Å²) < 4.78 is 5.31. The minimum Gasteiger partial charge on any atom is -0.387 e. The quantitative estimate of drug-likeness (QED) is 0.665. The van der Waals surface area contributed by atoms with E-state index in [9.17, 15) is 20.4 Å². The predicted molar refractivity (Wildman–Crippen MR) is 93.3 cm³/mol. The molecule has 1 aliphatic heterocycles. The molecule has 1 saturated heterocycles. The first-order valence-electron chi connectivity index (χ1n) is 8.08. The Labute approximate surface area is 151 Å². The van der Waals surface area contributed by atoms with E-state index in [4.69, 9.17) is 16.3 Å². The molecule has 2 aromatic rings. The summed E-state index contributed by atoms with van der Waals surface area (Å²) in [4.78, 5) is 0. The van der Waals surface area contributed by atoms with Gasteiger partial charge in [-0.2, -0.15) is 0 Å². The van der Waals surface area contributed by atoms with Gasteiger partial charge in [-0.25, -0.2) is 0 Å². The van der Waals surface area contributed by atoms with Gasteiger partial charge in [0, 0.05) is 5.02 Å². The van der Waals surface area contributed by atoms with E-state index in [1.807, 2.05) is 43.3 Å². The van der Waals surface area contributed by atoms with Crippen molar-refractivity contribution in [3.05, 3.63) is 69.7 Å². The van der Waals surface area contributed by atoms with E-state index < -0.39 is 30.7 Å². The molecule has 3 rings (SSSR count). The number of hydrogen-bond acceptors (Lipinski definition) is 5. The molecule has 4 N–H and O–H groups in total. The molecule has 0 aromatic heterocycles. The van der Waals surface area contributed by atoms with Crippen LogP contribution in [0, 0.1) is 6.92 Å². The van der Waals surface area contributed by atoms with Crippen LogP contribution in [0.2, 0.25) is 5.02 Å². The fraction of sp³-hybridized carbons (Fsp3) is 0.368. The summed E-state index contributed by atoms with van der Waals surface area (Å²) in [6.45, 7) is 1.99. The van der Waals surface area contributed by atoms with Crippen molar-refractivity contribution < 1.29 is 25.2 Å².